The third kappa shape index (κ3) is 4.12. The van der Waals surface area contributed by atoms with E-state index < -0.39 is 0 Å². The van der Waals surface area contributed by atoms with Gasteiger partial charge < -0.3 is 9.73 Å². The number of aromatic nitrogens is 5. The number of carbonyl (C=O) groups excluding carboxylic acids is 1. The molecule has 4 aromatic rings. The van der Waals surface area contributed by atoms with Crippen LogP contribution in [0.5, 0.6) is 0 Å². The summed E-state index contributed by atoms with van der Waals surface area (Å²) in [6.07, 6.45) is 3.38. The molecule has 0 radical (unpaired) electrons. The Hall–Kier alpha value is -3.81. The number of benzene rings is 1. The van der Waals surface area contributed by atoms with E-state index in [4.69, 9.17) is 4.42 Å². The van der Waals surface area contributed by atoms with Crippen LogP contribution in [0.25, 0.3) is 11.5 Å². The van der Waals surface area contributed by atoms with Crippen LogP contribution in [0.15, 0.2) is 53.2 Å². The highest BCUT2D eigenvalue weighted by Gasteiger charge is 2.19. The van der Waals surface area contributed by atoms with Gasteiger partial charge in [0, 0.05) is 24.5 Å². The Labute approximate surface area is 174 Å². The Morgan fingerprint density at radius 1 is 1.07 bits per heavy atom. The minimum Gasteiger partial charge on any atom is -0.441 e. The van der Waals surface area contributed by atoms with Crippen LogP contribution in [0.4, 0.5) is 0 Å². The predicted molar refractivity (Wildman–Crippen MR) is 111 cm³/mol. The number of nitrogens with one attached hydrogen (secondary N) is 1. The molecular formula is C22H22N6O2. The maximum Gasteiger partial charge on any atom is 0.274 e. The first-order chi connectivity index (χ1) is 14.5. The van der Waals surface area contributed by atoms with Gasteiger partial charge in [-0.3, -0.25) is 9.78 Å². The van der Waals surface area contributed by atoms with E-state index in [-0.39, 0.29) is 5.91 Å². The van der Waals surface area contributed by atoms with Crippen LogP contribution in [-0.2, 0) is 13.1 Å². The smallest absolute Gasteiger partial charge is 0.274 e. The second-order valence-corrected chi connectivity index (χ2v) is 7.11. The molecule has 0 atom stereocenters. The zero-order valence-corrected chi connectivity index (χ0v) is 17.1. The number of carbonyl (C=O) groups is 1. The number of amides is 1. The van der Waals surface area contributed by atoms with Gasteiger partial charge in [-0.25, -0.2) is 9.67 Å². The molecule has 0 aliphatic carbocycles. The second-order valence-electron chi connectivity index (χ2n) is 7.11. The summed E-state index contributed by atoms with van der Waals surface area (Å²) in [6.45, 7) is 6.49. The molecule has 30 heavy (non-hydrogen) atoms. The van der Waals surface area contributed by atoms with Crippen LogP contribution in [0.1, 0.15) is 38.8 Å². The zero-order chi connectivity index (χ0) is 21.1. The van der Waals surface area contributed by atoms with Gasteiger partial charge in [-0.1, -0.05) is 22.9 Å². The van der Waals surface area contributed by atoms with E-state index in [1.807, 2.05) is 57.2 Å². The number of oxazole rings is 1. The van der Waals surface area contributed by atoms with Gasteiger partial charge in [0.25, 0.3) is 5.91 Å². The molecule has 0 unspecified atom stereocenters. The highest BCUT2D eigenvalue weighted by Crippen LogP contribution is 2.23. The monoisotopic (exact) mass is 402 g/mol. The number of hydrogen-bond donors (Lipinski definition) is 1. The summed E-state index contributed by atoms with van der Waals surface area (Å²) in [5, 5.41) is 11.1. The second kappa shape index (κ2) is 8.28. The van der Waals surface area contributed by atoms with Gasteiger partial charge in [-0.15, -0.1) is 5.10 Å². The van der Waals surface area contributed by atoms with E-state index in [1.54, 1.807) is 17.1 Å². The fraction of sp³-hybridized carbons (Fsp3) is 0.227. The first-order valence-electron chi connectivity index (χ1n) is 9.62. The summed E-state index contributed by atoms with van der Waals surface area (Å²) in [6, 6.07) is 11.7. The maximum atomic E-state index is 12.5. The maximum absolute atomic E-state index is 12.5. The van der Waals surface area contributed by atoms with Crippen molar-refractivity contribution in [2.75, 3.05) is 0 Å². The van der Waals surface area contributed by atoms with Crippen LogP contribution in [0.3, 0.4) is 0 Å². The van der Waals surface area contributed by atoms with Crippen LogP contribution < -0.4 is 5.32 Å². The fourth-order valence-electron chi connectivity index (χ4n) is 3.02. The Kier molecular flexibility index (Phi) is 5.38. The standard InChI is InChI=1S/C22H22N6O2/c1-14-4-6-18(7-5-14)22-25-19(16(3)30-22)13-28-15(2)20(26-27-28)21(29)24-12-17-8-10-23-11-9-17/h4-11H,12-13H2,1-3H3,(H,24,29). The Bertz CT molecular complexity index is 1160. The van der Waals surface area contributed by atoms with Crippen LogP contribution in [0.2, 0.25) is 0 Å². The average Bonchev–Trinajstić information content (AvgIpc) is 3.30. The lowest BCUT2D eigenvalue weighted by Gasteiger charge is -2.04. The van der Waals surface area contributed by atoms with Crippen molar-refractivity contribution in [3.63, 3.8) is 0 Å². The predicted octanol–water partition coefficient (Wildman–Crippen LogP) is 3.23. The molecule has 0 aliphatic heterocycles. The van der Waals surface area contributed by atoms with E-state index >= 15 is 0 Å². The minimum absolute atomic E-state index is 0.271. The van der Waals surface area contributed by atoms with Crippen LogP contribution in [0, 0.1) is 20.8 Å². The molecule has 4 rings (SSSR count). The van der Waals surface area contributed by atoms with Gasteiger partial charge in [0.05, 0.1) is 12.2 Å². The number of aryl methyl sites for hydroxylation is 2. The third-order valence-corrected chi connectivity index (χ3v) is 4.89. The van der Waals surface area contributed by atoms with Gasteiger partial charge in [-0.2, -0.15) is 0 Å². The van der Waals surface area contributed by atoms with Crippen molar-refractivity contribution in [1.82, 2.24) is 30.3 Å². The van der Waals surface area contributed by atoms with E-state index in [9.17, 15) is 4.79 Å². The third-order valence-electron chi connectivity index (χ3n) is 4.89. The summed E-state index contributed by atoms with van der Waals surface area (Å²) < 4.78 is 7.50. The van der Waals surface area contributed by atoms with E-state index in [0.717, 1.165) is 16.8 Å². The van der Waals surface area contributed by atoms with E-state index in [1.165, 1.54) is 5.56 Å². The topological polar surface area (TPSA) is 98.7 Å². The molecule has 8 heteroatoms. The molecule has 152 valence electrons. The van der Waals surface area contributed by atoms with Gasteiger partial charge in [0.2, 0.25) is 5.89 Å². The molecule has 3 aromatic heterocycles. The van der Waals surface area contributed by atoms with Crippen LogP contribution >= 0.6 is 0 Å². The summed E-state index contributed by atoms with van der Waals surface area (Å²) >= 11 is 0. The number of hydrogen-bond acceptors (Lipinski definition) is 6. The van der Waals surface area contributed by atoms with Gasteiger partial charge in [0.1, 0.15) is 11.5 Å². The van der Waals surface area contributed by atoms with Crippen molar-refractivity contribution in [3.8, 4) is 11.5 Å². The normalized spacial score (nSPS) is 10.9. The molecule has 0 saturated carbocycles. The first-order valence-corrected chi connectivity index (χ1v) is 9.62. The number of pyridine rings is 1. The fourth-order valence-corrected chi connectivity index (χ4v) is 3.02. The molecule has 1 N–H and O–H groups in total. The lowest BCUT2D eigenvalue weighted by atomic mass is 10.1. The van der Waals surface area contributed by atoms with Gasteiger partial charge >= 0.3 is 0 Å². The highest BCUT2D eigenvalue weighted by molar-refractivity contribution is 5.93. The van der Waals surface area contributed by atoms with Crippen LogP contribution in [-0.4, -0.2) is 30.9 Å². The first kappa shape index (κ1) is 19.5. The van der Waals surface area contributed by atoms with Crippen molar-refractivity contribution in [1.29, 1.82) is 0 Å². The number of nitrogens with zero attached hydrogens (tertiary/aromatic N) is 5. The van der Waals surface area contributed by atoms with E-state index in [0.29, 0.717) is 36.1 Å². The molecule has 0 fully saturated rings. The van der Waals surface area contributed by atoms with Crippen molar-refractivity contribution >= 4 is 5.91 Å². The Balaban J connectivity index is 1.48. The molecule has 8 nitrogen and oxygen atoms in total. The zero-order valence-electron chi connectivity index (χ0n) is 17.1. The van der Waals surface area contributed by atoms with Crippen molar-refractivity contribution in [3.05, 3.63) is 82.8 Å². The molecule has 3 heterocycles. The molecule has 0 bridgehead atoms. The average molecular weight is 402 g/mol. The quantitative estimate of drug-likeness (QED) is 0.532. The molecule has 1 aromatic carbocycles. The lowest BCUT2D eigenvalue weighted by molar-refractivity contribution is 0.0945. The molecular weight excluding hydrogens is 380 g/mol. The highest BCUT2D eigenvalue weighted by atomic mass is 16.4. The Morgan fingerprint density at radius 2 is 1.80 bits per heavy atom. The van der Waals surface area contributed by atoms with Crippen molar-refractivity contribution in [2.24, 2.45) is 0 Å². The van der Waals surface area contributed by atoms with Gasteiger partial charge in [-0.05, 0) is 50.6 Å². The summed E-state index contributed by atoms with van der Waals surface area (Å²) in [5.41, 5.74) is 4.77. The largest absolute Gasteiger partial charge is 0.441 e. The Morgan fingerprint density at radius 3 is 2.53 bits per heavy atom. The minimum atomic E-state index is -0.271. The van der Waals surface area contributed by atoms with E-state index in [2.05, 4.69) is 25.6 Å². The van der Waals surface area contributed by atoms with Crippen molar-refractivity contribution < 1.29 is 9.21 Å². The summed E-state index contributed by atoms with van der Waals surface area (Å²) in [7, 11) is 0. The summed E-state index contributed by atoms with van der Waals surface area (Å²) in [5.74, 6) is 1.01. The molecule has 0 aliphatic rings. The number of rotatable bonds is 6. The summed E-state index contributed by atoms with van der Waals surface area (Å²) in [4.78, 5) is 21.1. The lowest BCUT2D eigenvalue weighted by Crippen LogP contribution is -2.24. The van der Waals surface area contributed by atoms with Gasteiger partial charge in [0.15, 0.2) is 5.69 Å². The molecule has 0 spiro atoms. The SMILES string of the molecule is Cc1ccc(-c2nc(Cn3nnc(C(=O)NCc4ccncc4)c3C)c(C)o2)cc1. The molecule has 1 amide bonds. The molecule has 0 saturated heterocycles. The van der Waals surface area contributed by atoms with Crippen molar-refractivity contribution in [2.45, 2.75) is 33.9 Å².